The van der Waals surface area contributed by atoms with Gasteiger partial charge in [-0.25, -0.2) is 14.6 Å². The van der Waals surface area contributed by atoms with Crippen LogP contribution in [0.4, 0.5) is 10.6 Å². The van der Waals surface area contributed by atoms with Crippen LogP contribution >= 0.6 is 0 Å². The fraction of sp³-hybridized carbons (Fsp3) is 0.333. The minimum absolute atomic E-state index is 0.169. The lowest BCUT2D eigenvalue weighted by Crippen LogP contribution is -2.29. The molecule has 2 heterocycles. The van der Waals surface area contributed by atoms with Crippen LogP contribution in [0, 0.1) is 20.8 Å². The van der Waals surface area contributed by atoms with Crippen LogP contribution in [0.25, 0.3) is 16.7 Å². The van der Waals surface area contributed by atoms with Gasteiger partial charge in [-0.05, 0) is 51.0 Å². The molecule has 0 bridgehead atoms. The number of anilines is 1. The number of aromatic nitrogens is 3. The molecule has 3 aromatic rings. The van der Waals surface area contributed by atoms with Crippen molar-refractivity contribution in [3.05, 3.63) is 46.6 Å². The smallest absolute Gasteiger partial charge is 0.343 e. The van der Waals surface area contributed by atoms with E-state index in [0.717, 1.165) is 27.6 Å². The number of amides is 2. The number of fused-ring (bicyclic) bond motifs is 1. The standard InChI is InChI=1S/C21H25N5O3/c1-7-29-20(27)16-11-22-26(19(16)24-21(28)25(5)6)17-10-13(3)15-9-12(2)8-14(4)18(15)23-17/h8-11H,7H2,1-6H3,(H,24,28). The molecule has 0 radical (unpaired) electrons. The maximum atomic E-state index is 12.4. The molecule has 0 unspecified atom stereocenters. The number of carbonyl (C=O) groups is 2. The van der Waals surface area contributed by atoms with Crippen molar-refractivity contribution in [1.82, 2.24) is 19.7 Å². The molecule has 8 heteroatoms. The third-order valence-corrected chi connectivity index (χ3v) is 4.55. The molecule has 0 aliphatic rings. The summed E-state index contributed by atoms with van der Waals surface area (Å²) in [4.78, 5) is 30.8. The first-order chi connectivity index (χ1) is 13.7. The zero-order valence-corrected chi connectivity index (χ0v) is 17.5. The minimum Gasteiger partial charge on any atom is -0.462 e. The number of ether oxygens (including phenoxy) is 1. The van der Waals surface area contributed by atoms with Crippen LogP contribution in [0.5, 0.6) is 0 Å². The molecule has 8 nitrogen and oxygen atoms in total. The lowest BCUT2D eigenvalue weighted by molar-refractivity contribution is 0.0527. The highest BCUT2D eigenvalue weighted by atomic mass is 16.5. The molecule has 29 heavy (non-hydrogen) atoms. The van der Waals surface area contributed by atoms with Crippen LogP contribution in [0.2, 0.25) is 0 Å². The Bertz CT molecular complexity index is 1100. The Morgan fingerprint density at radius 2 is 1.86 bits per heavy atom. The van der Waals surface area contributed by atoms with Crippen LogP contribution in [0.15, 0.2) is 24.4 Å². The van der Waals surface area contributed by atoms with E-state index in [0.29, 0.717) is 5.82 Å². The number of nitrogens with one attached hydrogen (secondary N) is 1. The normalized spacial score (nSPS) is 10.8. The van der Waals surface area contributed by atoms with Crippen LogP contribution < -0.4 is 5.32 Å². The van der Waals surface area contributed by atoms with Crippen LogP contribution in [-0.4, -0.2) is 52.4 Å². The lowest BCUT2D eigenvalue weighted by atomic mass is 10.0. The number of urea groups is 1. The predicted molar refractivity (Wildman–Crippen MR) is 112 cm³/mol. The maximum Gasteiger partial charge on any atom is 0.343 e. The van der Waals surface area contributed by atoms with E-state index in [9.17, 15) is 9.59 Å². The molecule has 0 aliphatic carbocycles. The summed E-state index contributed by atoms with van der Waals surface area (Å²) in [6.07, 6.45) is 1.38. The summed E-state index contributed by atoms with van der Waals surface area (Å²) in [5.74, 6) is 0.168. The van der Waals surface area contributed by atoms with Gasteiger partial charge in [-0.1, -0.05) is 11.6 Å². The fourth-order valence-electron chi connectivity index (χ4n) is 3.15. The molecule has 152 valence electrons. The second-order valence-electron chi connectivity index (χ2n) is 7.14. The molecule has 1 N–H and O–H groups in total. The number of hydrogen-bond donors (Lipinski definition) is 1. The minimum atomic E-state index is -0.558. The van der Waals surface area contributed by atoms with E-state index >= 15 is 0 Å². The van der Waals surface area contributed by atoms with E-state index in [-0.39, 0.29) is 24.0 Å². The lowest BCUT2D eigenvalue weighted by Gasteiger charge is -2.15. The van der Waals surface area contributed by atoms with Gasteiger partial charge in [0.05, 0.1) is 18.3 Å². The first-order valence-corrected chi connectivity index (χ1v) is 9.35. The van der Waals surface area contributed by atoms with E-state index in [1.807, 2.05) is 26.8 Å². The van der Waals surface area contributed by atoms with Gasteiger partial charge >= 0.3 is 12.0 Å². The van der Waals surface area contributed by atoms with E-state index < -0.39 is 5.97 Å². The number of carbonyl (C=O) groups excluding carboxylic acids is 2. The predicted octanol–water partition coefficient (Wildman–Crippen LogP) is 3.62. The summed E-state index contributed by atoms with van der Waals surface area (Å²) in [7, 11) is 3.23. The number of pyridine rings is 1. The Labute approximate surface area is 169 Å². The SMILES string of the molecule is CCOC(=O)c1cnn(-c2cc(C)c3cc(C)cc(C)c3n2)c1NC(=O)N(C)C. The van der Waals surface area contributed by atoms with Crippen molar-refractivity contribution < 1.29 is 14.3 Å². The summed E-state index contributed by atoms with van der Waals surface area (Å²) < 4.78 is 6.57. The Hall–Kier alpha value is -3.42. The van der Waals surface area contributed by atoms with Gasteiger partial charge in [-0.15, -0.1) is 0 Å². The van der Waals surface area contributed by atoms with Gasteiger partial charge in [0.15, 0.2) is 11.6 Å². The molecule has 1 aromatic carbocycles. The summed E-state index contributed by atoms with van der Waals surface area (Å²) in [5.41, 5.74) is 4.25. The Morgan fingerprint density at radius 1 is 1.14 bits per heavy atom. The molecule has 0 aliphatic heterocycles. The maximum absolute atomic E-state index is 12.4. The van der Waals surface area contributed by atoms with Crippen molar-refractivity contribution in [3.63, 3.8) is 0 Å². The summed E-state index contributed by atoms with van der Waals surface area (Å²) in [6.45, 7) is 8.00. The number of esters is 1. The molecular formula is C21H25N5O3. The second-order valence-corrected chi connectivity index (χ2v) is 7.14. The average molecular weight is 395 g/mol. The topological polar surface area (TPSA) is 89.3 Å². The Kier molecular flexibility index (Phi) is 5.54. The number of hydrogen-bond acceptors (Lipinski definition) is 5. The van der Waals surface area contributed by atoms with Crippen LogP contribution in [0.1, 0.15) is 34.0 Å². The van der Waals surface area contributed by atoms with Crippen LogP contribution in [0.3, 0.4) is 0 Å². The fourth-order valence-corrected chi connectivity index (χ4v) is 3.15. The molecule has 0 saturated carbocycles. The van der Waals surface area contributed by atoms with E-state index in [2.05, 4.69) is 22.5 Å². The highest BCUT2D eigenvalue weighted by Gasteiger charge is 2.23. The van der Waals surface area contributed by atoms with Crippen LogP contribution in [-0.2, 0) is 4.74 Å². The van der Waals surface area contributed by atoms with Gasteiger partial charge in [0.2, 0.25) is 0 Å². The van der Waals surface area contributed by atoms with Crippen molar-refractivity contribution in [1.29, 1.82) is 0 Å². The third kappa shape index (κ3) is 3.91. The zero-order chi connectivity index (χ0) is 21.3. The van der Waals surface area contributed by atoms with Gasteiger partial charge in [0.25, 0.3) is 0 Å². The molecule has 2 amide bonds. The summed E-state index contributed by atoms with van der Waals surface area (Å²) in [5, 5.41) is 8.11. The van der Waals surface area contributed by atoms with Crippen molar-refractivity contribution in [3.8, 4) is 5.82 Å². The van der Waals surface area contributed by atoms with Gasteiger partial charge < -0.3 is 9.64 Å². The number of aryl methyl sites for hydroxylation is 3. The molecule has 0 atom stereocenters. The van der Waals surface area contributed by atoms with Crippen molar-refractivity contribution >= 4 is 28.7 Å². The van der Waals surface area contributed by atoms with E-state index in [1.54, 1.807) is 21.0 Å². The summed E-state index contributed by atoms with van der Waals surface area (Å²) in [6, 6.07) is 5.66. The van der Waals surface area contributed by atoms with Crippen molar-refractivity contribution in [2.24, 2.45) is 0 Å². The highest BCUT2D eigenvalue weighted by Crippen LogP contribution is 2.27. The Morgan fingerprint density at radius 3 is 2.52 bits per heavy atom. The number of benzene rings is 1. The first-order valence-electron chi connectivity index (χ1n) is 9.35. The second kappa shape index (κ2) is 7.90. The zero-order valence-electron chi connectivity index (χ0n) is 17.5. The first kappa shape index (κ1) is 20.3. The van der Waals surface area contributed by atoms with E-state index in [1.165, 1.54) is 15.8 Å². The molecule has 2 aromatic heterocycles. The van der Waals surface area contributed by atoms with Crippen molar-refractivity contribution in [2.75, 3.05) is 26.0 Å². The number of nitrogens with zero attached hydrogens (tertiary/aromatic N) is 4. The molecule has 3 rings (SSSR count). The average Bonchev–Trinajstić information content (AvgIpc) is 3.06. The highest BCUT2D eigenvalue weighted by molar-refractivity contribution is 6.00. The Balaban J connectivity index is 2.20. The van der Waals surface area contributed by atoms with Gasteiger partial charge in [0.1, 0.15) is 5.56 Å². The molecule has 0 spiro atoms. The van der Waals surface area contributed by atoms with E-state index in [4.69, 9.17) is 9.72 Å². The molecular weight excluding hydrogens is 370 g/mol. The monoisotopic (exact) mass is 395 g/mol. The van der Waals surface area contributed by atoms with Gasteiger partial charge in [-0.3, -0.25) is 5.32 Å². The molecule has 0 fully saturated rings. The van der Waals surface area contributed by atoms with Crippen molar-refractivity contribution in [2.45, 2.75) is 27.7 Å². The van der Waals surface area contributed by atoms with Gasteiger partial charge in [-0.2, -0.15) is 9.78 Å². The number of rotatable bonds is 4. The third-order valence-electron chi connectivity index (χ3n) is 4.55. The quantitative estimate of drug-likeness (QED) is 0.682. The van der Waals surface area contributed by atoms with Gasteiger partial charge in [0, 0.05) is 19.5 Å². The largest absolute Gasteiger partial charge is 0.462 e. The summed E-state index contributed by atoms with van der Waals surface area (Å²) >= 11 is 0. The molecule has 0 saturated heterocycles.